The summed E-state index contributed by atoms with van der Waals surface area (Å²) in [6, 6.07) is 7.81. The molecule has 1 aliphatic heterocycles. The van der Waals surface area contributed by atoms with Gasteiger partial charge in [-0.25, -0.2) is 9.78 Å². The van der Waals surface area contributed by atoms with Crippen LogP contribution in [0, 0.1) is 5.92 Å². The van der Waals surface area contributed by atoms with E-state index < -0.39 is 0 Å². The second-order valence-corrected chi connectivity index (χ2v) is 8.57. The van der Waals surface area contributed by atoms with Gasteiger partial charge in [0, 0.05) is 25.1 Å². The molecule has 4 rings (SSSR count). The van der Waals surface area contributed by atoms with Crippen LogP contribution in [-0.2, 0) is 17.7 Å². The van der Waals surface area contributed by atoms with Gasteiger partial charge in [-0.3, -0.25) is 0 Å². The van der Waals surface area contributed by atoms with Crippen molar-refractivity contribution < 1.29 is 14.6 Å². The molecule has 160 valence electrons. The van der Waals surface area contributed by atoms with Gasteiger partial charge in [-0.05, 0) is 48.4 Å². The Bertz CT molecular complexity index is 927. The molecule has 0 unspecified atom stereocenters. The molecule has 0 saturated heterocycles. The maximum atomic E-state index is 11.8. The Morgan fingerprint density at radius 1 is 1.27 bits per heavy atom. The van der Waals surface area contributed by atoms with Gasteiger partial charge in [0.25, 0.3) is 0 Å². The summed E-state index contributed by atoms with van der Waals surface area (Å²) in [5.74, 6) is 1.99. The fourth-order valence-electron chi connectivity index (χ4n) is 3.85. The molecule has 7 heteroatoms. The number of ether oxygens (including phenoxy) is 1. The molecular formula is C23H30N4O3. The number of anilines is 2. The molecule has 2 aliphatic rings. The van der Waals surface area contributed by atoms with Crippen LogP contribution in [0.25, 0.3) is 0 Å². The van der Waals surface area contributed by atoms with E-state index in [2.05, 4.69) is 30.1 Å². The van der Waals surface area contributed by atoms with Crippen molar-refractivity contribution in [3.63, 3.8) is 0 Å². The first kappa shape index (κ1) is 20.6. The number of esters is 1. The van der Waals surface area contributed by atoms with Crippen LogP contribution in [-0.4, -0.2) is 47.3 Å². The monoisotopic (exact) mass is 410 g/mol. The Morgan fingerprint density at radius 3 is 2.73 bits per heavy atom. The molecule has 0 spiro atoms. The SMILES string of the molecule is COC(=O)c1ccc2c(c1)CCN(c1cc(C3CC3)nc(N[C@@H](CO)C(C)C)n1)C2. The van der Waals surface area contributed by atoms with Crippen LogP contribution in [0.1, 0.15) is 59.8 Å². The highest BCUT2D eigenvalue weighted by atomic mass is 16.5. The molecule has 0 radical (unpaired) electrons. The number of nitrogens with one attached hydrogen (secondary N) is 1. The Morgan fingerprint density at radius 2 is 2.07 bits per heavy atom. The van der Waals surface area contributed by atoms with Crippen LogP contribution in [0.2, 0.25) is 0 Å². The Hall–Kier alpha value is -2.67. The number of aliphatic hydroxyl groups is 1. The summed E-state index contributed by atoms with van der Waals surface area (Å²) in [7, 11) is 1.41. The van der Waals surface area contributed by atoms with Crippen LogP contribution >= 0.6 is 0 Å². The lowest BCUT2D eigenvalue weighted by Crippen LogP contribution is -2.33. The highest BCUT2D eigenvalue weighted by Crippen LogP contribution is 2.40. The number of methoxy groups -OCH3 is 1. The third kappa shape index (κ3) is 4.41. The molecule has 1 fully saturated rings. The third-order valence-corrected chi connectivity index (χ3v) is 6.01. The van der Waals surface area contributed by atoms with Gasteiger partial charge >= 0.3 is 5.97 Å². The van der Waals surface area contributed by atoms with Gasteiger partial charge in [-0.15, -0.1) is 0 Å². The molecule has 1 saturated carbocycles. The van der Waals surface area contributed by atoms with E-state index in [-0.39, 0.29) is 24.5 Å². The number of aliphatic hydroxyl groups excluding tert-OH is 1. The highest BCUT2D eigenvalue weighted by Gasteiger charge is 2.28. The zero-order chi connectivity index (χ0) is 21.3. The van der Waals surface area contributed by atoms with E-state index in [1.54, 1.807) is 0 Å². The van der Waals surface area contributed by atoms with Gasteiger partial charge in [0.1, 0.15) is 5.82 Å². The van der Waals surface area contributed by atoms with Crippen LogP contribution in [0.3, 0.4) is 0 Å². The molecule has 0 bridgehead atoms. The van der Waals surface area contributed by atoms with E-state index in [1.165, 1.54) is 31.1 Å². The van der Waals surface area contributed by atoms with Crippen molar-refractivity contribution in [3.05, 3.63) is 46.6 Å². The number of fused-ring (bicyclic) bond motifs is 1. The van der Waals surface area contributed by atoms with Gasteiger partial charge in [-0.2, -0.15) is 4.98 Å². The zero-order valence-electron chi connectivity index (χ0n) is 17.9. The molecule has 0 amide bonds. The maximum Gasteiger partial charge on any atom is 0.337 e. The van der Waals surface area contributed by atoms with E-state index in [9.17, 15) is 9.90 Å². The fraction of sp³-hybridized carbons (Fsp3) is 0.522. The van der Waals surface area contributed by atoms with E-state index >= 15 is 0 Å². The highest BCUT2D eigenvalue weighted by molar-refractivity contribution is 5.89. The number of benzene rings is 1. The summed E-state index contributed by atoms with van der Waals surface area (Å²) in [6.45, 7) is 5.76. The average Bonchev–Trinajstić information content (AvgIpc) is 3.61. The minimum Gasteiger partial charge on any atom is -0.465 e. The van der Waals surface area contributed by atoms with Gasteiger partial charge in [0.05, 0.1) is 31.0 Å². The number of hydrogen-bond donors (Lipinski definition) is 2. The minimum atomic E-state index is -0.301. The quantitative estimate of drug-likeness (QED) is 0.678. The predicted octanol–water partition coefficient (Wildman–Crippen LogP) is 3.13. The Labute approximate surface area is 177 Å². The summed E-state index contributed by atoms with van der Waals surface area (Å²) in [4.78, 5) is 23.6. The van der Waals surface area contributed by atoms with Crippen molar-refractivity contribution in [2.45, 2.75) is 51.6 Å². The van der Waals surface area contributed by atoms with Crippen molar-refractivity contribution in [2.24, 2.45) is 5.92 Å². The lowest BCUT2D eigenvalue weighted by atomic mass is 9.97. The molecule has 2 heterocycles. The van der Waals surface area contributed by atoms with Gasteiger partial charge in [0.2, 0.25) is 5.95 Å². The molecule has 1 aromatic heterocycles. The second-order valence-electron chi connectivity index (χ2n) is 8.57. The number of nitrogens with zero attached hydrogens (tertiary/aromatic N) is 3. The van der Waals surface area contributed by atoms with Gasteiger partial charge in [-0.1, -0.05) is 19.9 Å². The predicted molar refractivity (Wildman–Crippen MR) is 116 cm³/mol. The molecule has 1 atom stereocenters. The van der Waals surface area contributed by atoms with Gasteiger partial charge in [0.15, 0.2) is 0 Å². The number of carbonyl (C=O) groups is 1. The van der Waals surface area contributed by atoms with Crippen LogP contribution in [0.15, 0.2) is 24.3 Å². The molecule has 7 nitrogen and oxygen atoms in total. The molecule has 2 aromatic rings. The Balaban J connectivity index is 1.58. The first-order valence-electron chi connectivity index (χ1n) is 10.7. The van der Waals surface area contributed by atoms with Crippen molar-refractivity contribution in [2.75, 3.05) is 30.5 Å². The third-order valence-electron chi connectivity index (χ3n) is 6.01. The molecule has 30 heavy (non-hydrogen) atoms. The number of hydrogen-bond acceptors (Lipinski definition) is 7. The lowest BCUT2D eigenvalue weighted by molar-refractivity contribution is 0.0600. The van der Waals surface area contributed by atoms with E-state index in [4.69, 9.17) is 14.7 Å². The maximum absolute atomic E-state index is 11.8. The van der Waals surface area contributed by atoms with E-state index in [0.717, 1.165) is 31.0 Å². The van der Waals surface area contributed by atoms with E-state index in [0.29, 0.717) is 17.4 Å². The van der Waals surface area contributed by atoms with Crippen molar-refractivity contribution >= 4 is 17.7 Å². The summed E-state index contributed by atoms with van der Waals surface area (Å²) < 4.78 is 4.84. The zero-order valence-corrected chi connectivity index (χ0v) is 17.9. The minimum absolute atomic E-state index is 0.0453. The topological polar surface area (TPSA) is 87.6 Å². The number of rotatable bonds is 7. The fourth-order valence-corrected chi connectivity index (χ4v) is 3.85. The van der Waals surface area contributed by atoms with Crippen molar-refractivity contribution in [1.29, 1.82) is 0 Å². The number of carbonyl (C=O) groups excluding carboxylic acids is 1. The normalized spacial score (nSPS) is 16.9. The molecule has 1 aliphatic carbocycles. The van der Waals surface area contributed by atoms with Crippen LogP contribution < -0.4 is 10.2 Å². The molecule has 1 aromatic carbocycles. The second kappa shape index (κ2) is 8.60. The standard InChI is InChI=1S/C23H30N4O3/c1-14(2)20(13-28)25-23-24-19(15-4-5-15)11-21(26-23)27-9-8-16-10-17(22(29)30-3)6-7-18(16)12-27/h6-7,10-11,14-15,20,28H,4-5,8-9,12-13H2,1-3H3,(H,24,25,26)/t20-/m0/s1. The summed E-state index contributed by atoms with van der Waals surface area (Å²) in [6.07, 6.45) is 3.18. The Kier molecular flexibility index (Phi) is 5.90. The lowest BCUT2D eigenvalue weighted by Gasteiger charge is -2.31. The van der Waals surface area contributed by atoms with Gasteiger partial charge < -0.3 is 20.1 Å². The van der Waals surface area contributed by atoms with Crippen LogP contribution in [0.5, 0.6) is 0 Å². The summed E-state index contributed by atoms with van der Waals surface area (Å²) >= 11 is 0. The first-order chi connectivity index (χ1) is 14.5. The largest absolute Gasteiger partial charge is 0.465 e. The summed E-state index contributed by atoms with van der Waals surface area (Å²) in [5.41, 5.74) is 4.06. The van der Waals surface area contributed by atoms with Crippen molar-refractivity contribution in [3.8, 4) is 0 Å². The molecular weight excluding hydrogens is 380 g/mol. The number of aromatic nitrogens is 2. The van der Waals surface area contributed by atoms with Crippen LogP contribution in [0.4, 0.5) is 11.8 Å². The van der Waals surface area contributed by atoms with Crippen molar-refractivity contribution in [1.82, 2.24) is 9.97 Å². The molecule has 2 N–H and O–H groups in total. The smallest absolute Gasteiger partial charge is 0.337 e. The van der Waals surface area contributed by atoms with E-state index in [1.807, 2.05) is 18.2 Å². The average molecular weight is 411 g/mol. The first-order valence-corrected chi connectivity index (χ1v) is 10.7. The summed E-state index contributed by atoms with van der Waals surface area (Å²) in [5, 5.41) is 13.0.